The van der Waals surface area contributed by atoms with Gasteiger partial charge in [-0.25, -0.2) is 9.59 Å². The van der Waals surface area contributed by atoms with E-state index in [1.807, 2.05) is 0 Å². The molecule has 2 amide bonds. The van der Waals surface area contributed by atoms with E-state index < -0.39 is 24.0 Å². The Morgan fingerprint density at radius 1 is 1.29 bits per heavy atom. The van der Waals surface area contributed by atoms with Gasteiger partial charge in [0.1, 0.15) is 6.04 Å². The minimum Gasteiger partial charge on any atom is -0.480 e. The molecular formula is C13H15BrN2O5. The number of aliphatic carboxylic acids is 1. The number of methoxy groups -OCH3 is 1. The molecule has 21 heavy (non-hydrogen) atoms. The number of carboxylic acids is 1. The topological polar surface area (TPSA) is 105 Å². The number of esters is 1. The molecule has 0 saturated heterocycles. The molecule has 1 aromatic rings. The van der Waals surface area contributed by atoms with Gasteiger partial charge < -0.3 is 20.5 Å². The molecule has 0 aliphatic rings. The number of urea groups is 1. The largest absolute Gasteiger partial charge is 0.480 e. The zero-order valence-electron chi connectivity index (χ0n) is 11.3. The number of carbonyl (C=O) groups excluding carboxylic acids is 2. The van der Waals surface area contributed by atoms with Gasteiger partial charge in [-0.1, -0.05) is 15.9 Å². The molecule has 0 fully saturated rings. The summed E-state index contributed by atoms with van der Waals surface area (Å²) in [6, 6.07) is 4.97. The molecular weight excluding hydrogens is 344 g/mol. The average molecular weight is 359 g/mol. The van der Waals surface area contributed by atoms with Crippen molar-refractivity contribution in [3.63, 3.8) is 0 Å². The van der Waals surface area contributed by atoms with Crippen molar-refractivity contribution in [3.05, 3.63) is 28.7 Å². The van der Waals surface area contributed by atoms with Crippen LogP contribution in [-0.4, -0.2) is 36.2 Å². The first-order valence-electron chi connectivity index (χ1n) is 6.05. The number of benzene rings is 1. The van der Waals surface area contributed by atoms with E-state index in [4.69, 9.17) is 5.11 Å². The molecule has 0 unspecified atom stereocenters. The molecule has 0 heterocycles. The molecule has 0 aliphatic heterocycles. The number of carbonyl (C=O) groups is 3. The van der Waals surface area contributed by atoms with Gasteiger partial charge in [0.2, 0.25) is 0 Å². The van der Waals surface area contributed by atoms with E-state index in [2.05, 4.69) is 31.3 Å². The first-order chi connectivity index (χ1) is 9.92. The number of carboxylic acid groups (broad SMARTS) is 1. The predicted molar refractivity (Wildman–Crippen MR) is 79.0 cm³/mol. The van der Waals surface area contributed by atoms with Crippen molar-refractivity contribution >= 4 is 39.6 Å². The van der Waals surface area contributed by atoms with E-state index in [0.29, 0.717) is 5.69 Å². The maximum absolute atomic E-state index is 11.7. The molecule has 1 aromatic carbocycles. The summed E-state index contributed by atoms with van der Waals surface area (Å²) in [4.78, 5) is 33.7. The second-order valence-corrected chi connectivity index (χ2v) is 5.03. The first kappa shape index (κ1) is 17.0. The molecule has 0 aromatic heterocycles. The van der Waals surface area contributed by atoms with Gasteiger partial charge >= 0.3 is 18.0 Å². The minimum atomic E-state index is -1.22. The van der Waals surface area contributed by atoms with Crippen molar-refractivity contribution < 1.29 is 24.2 Å². The highest BCUT2D eigenvalue weighted by atomic mass is 79.9. The van der Waals surface area contributed by atoms with Crippen LogP contribution in [0, 0.1) is 0 Å². The Kier molecular flexibility index (Phi) is 6.67. The second-order valence-electron chi connectivity index (χ2n) is 4.11. The number of hydrogen-bond acceptors (Lipinski definition) is 4. The van der Waals surface area contributed by atoms with Crippen molar-refractivity contribution in [2.24, 2.45) is 0 Å². The summed E-state index contributed by atoms with van der Waals surface area (Å²) in [6.45, 7) is 0. The summed E-state index contributed by atoms with van der Waals surface area (Å²) in [5.41, 5.74) is 0.521. The third-order valence-corrected chi connectivity index (χ3v) is 3.10. The lowest BCUT2D eigenvalue weighted by Crippen LogP contribution is -2.43. The number of ether oxygens (including phenoxy) is 1. The van der Waals surface area contributed by atoms with Crippen molar-refractivity contribution in [2.45, 2.75) is 18.9 Å². The molecule has 0 aliphatic carbocycles. The Hall–Kier alpha value is -2.09. The molecule has 8 heteroatoms. The number of amides is 2. The molecule has 114 valence electrons. The van der Waals surface area contributed by atoms with Gasteiger partial charge in [-0.3, -0.25) is 4.79 Å². The fraction of sp³-hybridized carbons (Fsp3) is 0.308. The van der Waals surface area contributed by atoms with E-state index in [-0.39, 0.29) is 12.8 Å². The van der Waals surface area contributed by atoms with Crippen LogP contribution in [0.4, 0.5) is 10.5 Å². The summed E-state index contributed by atoms with van der Waals surface area (Å²) in [5.74, 6) is -1.75. The van der Waals surface area contributed by atoms with Crippen LogP contribution in [-0.2, 0) is 14.3 Å². The van der Waals surface area contributed by atoms with E-state index in [0.717, 1.165) is 4.47 Å². The molecule has 7 nitrogen and oxygen atoms in total. The van der Waals surface area contributed by atoms with Crippen LogP contribution < -0.4 is 10.6 Å². The maximum atomic E-state index is 11.7. The monoisotopic (exact) mass is 358 g/mol. The molecule has 0 radical (unpaired) electrons. The SMILES string of the molecule is COC(=O)CC[C@H](NC(=O)Nc1ccc(Br)cc1)C(=O)O. The number of nitrogens with one attached hydrogen (secondary N) is 2. The van der Waals surface area contributed by atoms with Gasteiger partial charge in [0.05, 0.1) is 7.11 Å². The van der Waals surface area contributed by atoms with Gasteiger partial charge in [-0.15, -0.1) is 0 Å². The smallest absolute Gasteiger partial charge is 0.326 e. The normalized spacial score (nSPS) is 11.3. The summed E-state index contributed by atoms with van der Waals surface area (Å²) < 4.78 is 5.28. The molecule has 0 spiro atoms. The van der Waals surface area contributed by atoms with Crippen molar-refractivity contribution in [1.29, 1.82) is 0 Å². The van der Waals surface area contributed by atoms with Crippen LogP contribution in [0.25, 0.3) is 0 Å². The number of hydrogen-bond donors (Lipinski definition) is 3. The Morgan fingerprint density at radius 2 is 1.90 bits per heavy atom. The first-order valence-corrected chi connectivity index (χ1v) is 6.84. The van der Waals surface area contributed by atoms with Crippen LogP contribution >= 0.6 is 15.9 Å². The molecule has 3 N–H and O–H groups in total. The number of anilines is 1. The summed E-state index contributed by atoms with van der Waals surface area (Å²) in [7, 11) is 1.21. The van der Waals surface area contributed by atoms with Crippen LogP contribution in [0.3, 0.4) is 0 Å². The minimum absolute atomic E-state index is 0.0459. The Bertz CT molecular complexity index is 518. The van der Waals surface area contributed by atoms with Crippen molar-refractivity contribution in [2.75, 3.05) is 12.4 Å². The predicted octanol–water partition coefficient (Wildman–Crippen LogP) is 1.98. The lowest BCUT2D eigenvalue weighted by molar-refractivity contribution is -0.142. The second kappa shape index (κ2) is 8.25. The number of halogens is 1. The van der Waals surface area contributed by atoms with E-state index >= 15 is 0 Å². The molecule has 0 saturated carbocycles. The van der Waals surface area contributed by atoms with Gasteiger partial charge in [-0.05, 0) is 30.7 Å². The van der Waals surface area contributed by atoms with Gasteiger partial charge in [0.15, 0.2) is 0 Å². The maximum Gasteiger partial charge on any atom is 0.326 e. The zero-order chi connectivity index (χ0) is 15.8. The fourth-order valence-corrected chi connectivity index (χ4v) is 1.74. The highest BCUT2D eigenvalue weighted by molar-refractivity contribution is 9.10. The quantitative estimate of drug-likeness (QED) is 0.674. The standard InChI is InChI=1S/C13H15BrN2O5/c1-21-11(17)7-6-10(12(18)19)16-13(20)15-9-4-2-8(14)3-5-9/h2-5,10H,6-7H2,1H3,(H,18,19)(H2,15,16,20)/t10-/m0/s1. The Labute approximate surface area is 129 Å². The molecule has 0 bridgehead atoms. The summed E-state index contributed by atoms with van der Waals surface area (Å²) >= 11 is 3.26. The van der Waals surface area contributed by atoms with Crippen molar-refractivity contribution in [1.82, 2.24) is 5.32 Å². The summed E-state index contributed by atoms with van der Waals surface area (Å²) in [6.07, 6.45) is -0.137. The molecule has 1 rings (SSSR count). The Morgan fingerprint density at radius 3 is 2.43 bits per heavy atom. The van der Waals surface area contributed by atoms with Crippen LogP contribution in [0.5, 0.6) is 0 Å². The fourth-order valence-electron chi connectivity index (χ4n) is 1.48. The highest BCUT2D eigenvalue weighted by Gasteiger charge is 2.21. The van der Waals surface area contributed by atoms with E-state index in [1.165, 1.54) is 7.11 Å². The third-order valence-electron chi connectivity index (χ3n) is 2.57. The van der Waals surface area contributed by atoms with Crippen LogP contribution in [0.15, 0.2) is 28.7 Å². The zero-order valence-corrected chi connectivity index (χ0v) is 12.8. The lowest BCUT2D eigenvalue weighted by atomic mass is 10.1. The third kappa shape index (κ3) is 6.26. The lowest BCUT2D eigenvalue weighted by Gasteiger charge is -2.14. The van der Waals surface area contributed by atoms with Gasteiger partial charge in [0.25, 0.3) is 0 Å². The number of rotatable bonds is 6. The van der Waals surface area contributed by atoms with Crippen LogP contribution in [0.1, 0.15) is 12.8 Å². The van der Waals surface area contributed by atoms with E-state index in [9.17, 15) is 14.4 Å². The van der Waals surface area contributed by atoms with E-state index in [1.54, 1.807) is 24.3 Å². The van der Waals surface area contributed by atoms with Gasteiger partial charge in [0, 0.05) is 16.6 Å². The highest BCUT2D eigenvalue weighted by Crippen LogP contribution is 2.14. The van der Waals surface area contributed by atoms with Crippen LogP contribution in [0.2, 0.25) is 0 Å². The Balaban J connectivity index is 2.54. The van der Waals surface area contributed by atoms with Crippen molar-refractivity contribution in [3.8, 4) is 0 Å². The summed E-state index contributed by atoms with van der Waals surface area (Å²) in [5, 5.41) is 13.8. The molecule has 1 atom stereocenters. The van der Waals surface area contributed by atoms with Gasteiger partial charge in [-0.2, -0.15) is 0 Å². The average Bonchev–Trinajstić information content (AvgIpc) is 2.45.